The van der Waals surface area contributed by atoms with Crippen LogP contribution in [0.25, 0.3) is 11.0 Å². The lowest BCUT2D eigenvalue weighted by molar-refractivity contribution is -0.137. The third-order valence-electron chi connectivity index (χ3n) is 8.77. The van der Waals surface area contributed by atoms with Gasteiger partial charge in [-0.05, 0) is 36.1 Å². The molecule has 2 amide bonds. The van der Waals surface area contributed by atoms with Crippen molar-refractivity contribution < 1.29 is 9.59 Å². The molecule has 0 atom stereocenters. The maximum absolute atomic E-state index is 11.8. The number of anilines is 2. The largest absolute Gasteiger partial charge is 0.368 e. The topological polar surface area (TPSA) is 143 Å². The summed E-state index contributed by atoms with van der Waals surface area (Å²) >= 11 is 0. The number of hydrogen-bond donors (Lipinski definition) is 2. The highest BCUT2D eigenvalue weighted by Crippen LogP contribution is 2.25. The summed E-state index contributed by atoms with van der Waals surface area (Å²) in [5.74, 6) is 0.472. The summed E-state index contributed by atoms with van der Waals surface area (Å²) in [6, 6.07) is 8.82. The first-order valence-corrected chi connectivity index (χ1v) is 16.2. The van der Waals surface area contributed by atoms with Crippen LogP contribution in [0.15, 0.2) is 48.8 Å². The maximum Gasteiger partial charge on any atom is 0.253 e. The molecule has 46 heavy (non-hydrogen) atoms. The molecule has 3 N–H and O–H groups in total. The molecule has 6 rings (SSSR count). The smallest absolute Gasteiger partial charge is 0.253 e. The number of nitrogen functional groups attached to an aromatic ring is 1. The number of unbranched alkanes of at least 4 members (excludes halogenated alkanes) is 2. The van der Waals surface area contributed by atoms with Crippen LogP contribution < -0.4 is 11.1 Å². The molecule has 1 fully saturated rings. The summed E-state index contributed by atoms with van der Waals surface area (Å²) in [5, 5.41) is 11.8. The summed E-state index contributed by atoms with van der Waals surface area (Å²) in [4.78, 5) is 38.7. The molecule has 0 spiro atoms. The molecule has 0 bridgehead atoms. The van der Waals surface area contributed by atoms with Crippen molar-refractivity contribution in [3.63, 3.8) is 0 Å². The Morgan fingerprint density at radius 2 is 1.70 bits per heavy atom. The number of carbonyl (C=O) groups is 2. The standard InChI is InChI=1S/C33H43N11O2/c1-3-4-5-11-35-32-31-28(36-33(34)37-32)10-12-42(31)21-26-7-6-25(19-24(26)2)20-41-15-13-40(14-16-41)17-18-43-22-27(38-39-43)23-44-29(45)8-9-30(44)46/h6-10,12,19,22H,3-5,11,13-18,20-21,23H2,1-2H3,(H3,34,35,36,37). The zero-order valence-corrected chi connectivity index (χ0v) is 26.7. The Kier molecular flexibility index (Phi) is 9.69. The number of nitrogens with zero attached hydrogens (tertiary/aromatic N) is 9. The van der Waals surface area contributed by atoms with Crippen LogP contribution in [0.2, 0.25) is 0 Å². The lowest BCUT2D eigenvalue weighted by Gasteiger charge is -2.34. The Balaban J connectivity index is 0.986. The van der Waals surface area contributed by atoms with E-state index in [2.05, 4.69) is 78.2 Å². The molecule has 1 saturated heterocycles. The quantitative estimate of drug-likeness (QED) is 0.159. The number of benzene rings is 1. The Morgan fingerprint density at radius 3 is 2.46 bits per heavy atom. The normalized spacial score (nSPS) is 15.9. The van der Waals surface area contributed by atoms with Crippen molar-refractivity contribution in [3.05, 3.63) is 71.2 Å². The summed E-state index contributed by atoms with van der Waals surface area (Å²) in [5.41, 5.74) is 12.3. The number of imide groups is 1. The molecule has 4 aromatic rings. The zero-order valence-electron chi connectivity index (χ0n) is 26.7. The van der Waals surface area contributed by atoms with Gasteiger partial charge in [-0.1, -0.05) is 43.2 Å². The molecular weight excluding hydrogens is 582 g/mol. The highest BCUT2D eigenvalue weighted by molar-refractivity contribution is 6.12. The van der Waals surface area contributed by atoms with E-state index < -0.39 is 0 Å². The SMILES string of the molecule is CCCCCNc1nc(N)nc2ccn(Cc3ccc(CN4CCN(CCn5cc(CN6C(=O)C=CC6=O)nn5)CC4)cc3C)c12. The van der Waals surface area contributed by atoms with E-state index in [1.807, 2.05) is 12.3 Å². The molecule has 0 aliphatic carbocycles. The van der Waals surface area contributed by atoms with Crippen LogP contribution in [0.4, 0.5) is 11.8 Å². The van der Waals surface area contributed by atoms with Crippen LogP contribution >= 0.6 is 0 Å². The third-order valence-corrected chi connectivity index (χ3v) is 8.77. The van der Waals surface area contributed by atoms with Crippen LogP contribution in [-0.4, -0.2) is 95.3 Å². The van der Waals surface area contributed by atoms with Crippen LogP contribution in [0, 0.1) is 6.92 Å². The number of amides is 2. The van der Waals surface area contributed by atoms with Gasteiger partial charge in [0.15, 0.2) is 5.82 Å². The van der Waals surface area contributed by atoms with Crippen molar-refractivity contribution in [1.29, 1.82) is 0 Å². The summed E-state index contributed by atoms with van der Waals surface area (Å²) in [7, 11) is 0. The fourth-order valence-corrected chi connectivity index (χ4v) is 6.12. The van der Waals surface area contributed by atoms with Gasteiger partial charge in [-0.15, -0.1) is 5.10 Å². The van der Waals surface area contributed by atoms with Crippen LogP contribution in [0.3, 0.4) is 0 Å². The van der Waals surface area contributed by atoms with E-state index in [0.717, 1.165) is 75.6 Å². The van der Waals surface area contributed by atoms with Gasteiger partial charge >= 0.3 is 0 Å². The molecule has 242 valence electrons. The fourth-order valence-electron chi connectivity index (χ4n) is 6.12. The number of nitrogens with two attached hydrogens (primary N) is 1. The molecule has 0 saturated carbocycles. The average Bonchev–Trinajstić information content (AvgIpc) is 3.76. The van der Waals surface area contributed by atoms with Crippen molar-refractivity contribution in [1.82, 2.24) is 44.2 Å². The number of nitrogens with one attached hydrogen (secondary N) is 1. The minimum Gasteiger partial charge on any atom is -0.368 e. The first-order chi connectivity index (χ1) is 22.4. The number of carbonyl (C=O) groups excluding carboxylic acids is 2. The molecular formula is C33H43N11O2. The second-order valence-electron chi connectivity index (χ2n) is 12.2. The van der Waals surface area contributed by atoms with Crippen molar-refractivity contribution in [3.8, 4) is 0 Å². The van der Waals surface area contributed by atoms with Gasteiger partial charge in [-0.2, -0.15) is 4.98 Å². The molecule has 2 aliphatic heterocycles. The number of rotatable bonds is 14. The maximum atomic E-state index is 11.8. The Labute approximate surface area is 269 Å². The number of fused-ring (bicyclic) bond motifs is 1. The molecule has 13 heteroatoms. The van der Waals surface area contributed by atoms with E-state index in [1.54, 1.807) is 4.68 Å². The molecule has 0 radical (unpaired) electrons. The van der Waals surface area contributed by atoms with Gasteiger partial charge < -0.3 is 15.6 Å². The lowest BCUT2D eigenvalue weighted by Crippen LogP contribution is -2.46. The molecule has 3 aromatic heterocycles. The Hall–Kier alpha value is -4.62. The minimum atomic E-state index is -0.310. The van der Waals surface area contributed by atoms with Crippen molar-refractivity contribution >= 4 is 34.6 Å². The van der Waals surface area contributed by atoms with Gasteiger partial charge in [0.1, 0.15) is 11.2 Å². The van der Waals surface area contributed by atoms with E-state index in [1.165, 1.54) is 46.6 Å². The van der Waals surface area contributed by atoms with Gasteiger partial charge in [0.05, 0.1) is 24.8 Å². The number of aromatic nitrogens is 6. The number of piperazine rings is 1. The van der Waals surface area contributed by atoms with Crippen molar-refractivity contribution in [2.75, 3.05) is 50.3 Å². The Bertz CT molecular complexity index is 1700. The second-order valence-corrected chi connectivity index (χ2v) is 12.2. The second kappa shape index (κ2) is 14.2. The van der Waals surface area contributed by atoms with E-state index >= 15 is 0 Å². The van der Waals surface area contributed by atoms with Gasteiger partial charge in [0.25, 0.3) is 11.8 Å². The van der Waals surface area contributed by atoms with Crippen LogP contribution in [-0.2, 0) is 35.8 Å². The van der Waals surface area contributed by atoms with Crippen molar-refractivity contribution in [2.24, 2.45) is 0 Å². The third kappa shape index (κ3) is 7.43. The fraction of sp³-hybridized carbons (Fsp3) is 0.455. The van der Waals surface area contributed by atoms with Crippen LogP contribution in [0.1, 0.15) is 48.6 Å². The van der Waals surface area contributed by atoms with Gasteiger partial charge in [0, 0.05) is 70.7 Å². The predicted molar refractivity (Wildman–Crippen MR) is 177 cm³/mol. The summed E-state index contributed by atoms with van der Waals surface area (Å²) in [6.07, 6.45) is 9.90. The zero-order chi connectivity index (χ0) is 32.0. The molecule has 0 unspecified atom stereocenters. The Morgan fingerprint density at radius 1 is 0.913 bits per heavy atom. The first kappa shape index (κ1) is 31.4. The highest BCUT2D eigenvalue weighted by Gasteiger charge is 2.24. The van der Waals surface area contributed by atoms with E-state index in [4.69, 9.17) is 5.73 Å². The first-order valence-electron chi connectivity index (χ1n) is 16.2. The average molecular weight is 626 g/mol. The molecule has 13 nitrogen and oxygen atoms in total. The van der Waals surface area contributed by atoms with Crippen molar-refractivity contribution in [2.45, 2.75) is 59.3 Å². The minimum absolute atomic E-state index is 0.148. The van der Waals surface area contributed by atoms with Crippen LogP contribution in [0.5, 0.6) is 0 Å². The van der Waals surface area contributed by atoms with Gasteiger partial charge in [-0.25, -0.2) is 4.98 Å². The van der Waals surface area contributed by atoms with Gasteiger partial charge in [-0.3, -0.25) is 29.0 Å². The van der Waals surface area contributed by atoms with E-state index in [0.29, 0.717) is 18.2 Å². The lowest BCUT2D eigenvalue weighted by atomic mass is 10.0. The van der Waals surface area contributed by atoms with Gasteiger partial charge in [0.2, 0.25) is 5.95 Å². The summed E-state index contributed by atoms with van der Waals surface area (Å²) < 4.78 is 4.00. The molecule has 1 aromatic carbocycles. The molecule has 2 aliphatic rings. The van der Waals surface area contributed by atoms with E-state index in [-0.39, 0.29) is 18.4 Å². The number of aryl methyl sites for hydroxylation is 1. The summed E-state index contributed by atoms with van der Waals surface area (Å²) in [6.45, 7) is 12.6. The highest BCUT2D eigenvalue weighted by atomic mass is 16.2. The monoisotopic (exact) mass is 625 g/mol. The molecule has 5 heterocycles. The van der Waals surface area contributed by atoms with E-state index in [9.17, 15) is 9.59 Å². The number of hydrogen-bond acceptors (Lipinski definition) is 10. The predicted octanol–water partition coefficient (Wildman–Crippen LogP) is 2.81.